The van der Waals surface area contributed by atoms with Crippen LogP contribution in [0, 0.1) is 6.92 Å². The zero-order valence-electron chi connectivity index (χ0n) is 10.1. The molecule has 1 aromatic heterocycles. The molecule has 0 unspecified atom stereocenters. The summed E-state index contributed by atoms with van der Waals surface area (Å²) in [7, 11) is 0. The lowest BCUT2D eigenvalue weighted by Crippen LogP contribution is -2.43. The summed E-state index contributed by atoms with van der Waals surface area (Å²) in [6.07, 6.45) is 4.46. The summed E-state index contributed by atoms with van der Waals surface area (Å²) >= 11 is 0. The fourth-order valence-electron chi connectivity index (χ4n) is 2.85. The van der Waals surface area contributed by atoms with E-state index in [4.69, 9.17) is 0 Å². The van der Waals surface area contributed by atoms with Crippen molar-refractivity contribution in [3.05, 3.63) is 53.6 Å². The molecule has 0 radical (unpaired) electrons. The number of carboxylic acid groups (broad SMARTS) is 1. The van der Waals surface area contributed by atoms with Crippen LogP contribution < -0.4 is 0 Å². The SMILES string of the molecule is Cc1nccn1C1(C(=O)O)Cc2ccccc2C1. The van der Waals surface area contributed by atoms with E-state index in [0.717, 1.165) is 17.0 Å². The molecule has 0 saturated heterocycles. The largest absolute Gasteiger partial charge is 0.479 e. The van der Waals surface area contributed by atoms with E-state index in [9.17, 15) is 9.90 Å². The molecule has 4 nitrogen and oxygen atoms in total. The molecule has 1 N–H and O–H groups in total. The van der Waals surface area contributed by atoms with Gasteiger partial charge in [0.15, 0.2) is 5.54 Å². The van der Waals surface area contributed by atoms with Gasteiger partial charge in [0, 0.05) is 25.2 Å². The Bertz CT molecular complexity index is 591. The highest BCUT2D eigenvalue weighted by Gasteiger charge is 2.46. The number of aromatic nitrogens is 2. The minimum Gasteiger partial charge on any atom is -0.479 e. The van der Waals surface area contributed by atoms with Crippen molar-refractivity contribution < 1.29 is 9.90 Å². The summed E-state index contributed by atoms with van der Waals surface area (Å²) in [5.74, 6) is -0.0509. The number of carboxylic acids is 1. The highest BCUT2D eigenvalue weighted by molar-refractivity contribution is 5.79. The quantitative estimate of drug-likeness (QED) is 0.873. The van der Waals surface area contributed by atoms with Gasteiger partial charge in [0.05, 0.1) is 0 Å². The van der Waals surface area contributed by atoms with Crippen LogP contribution in [0.15, 0.2) is 36.7 Å². The van der Waals surface area contributed by atoms with E-state index in [-0.39, 0.29) is 0 Å². The van der Waals surface area contributed by atoms with Gasteiger partial charge >= 0.3 is 5.97 Å². The van der Waals surface area contributed by atoms with Crippen LogP contribution in [0.3, 0.4) is 0 Å². The molecule has 18 heavy (non-hydrogen) atoms. The highest BCUT2D eigenvalue weighted by atomic mass is 16.4. The highest BCUT2D eigenvalue weighted by Crippen LogP contribution is 2.36. The van der Waals surface area contributed by atoms with Crippen LogP contribution in [0.5, 0.6) is 0 Å². The van der Waals surface area contributed by atoms with Gasteiger partial charge in [-0.25, -0.2) is 9.78 Å². The lowest BCUT2D eigenvalue weighted by atomic mass is 9.95. The molecule has 1 aliphatic rings. The molecule has 3 rings (SSSR count). The third-order valence-corrected chi connectivity index (χ3v) is 3.77. The number of nitrogens with zero attached hydrogens (tertiary/aromatic N) is 2. The number of hydrogen-bond donors (Lipinski definition) is 1. The van der Waals surface area contributed by atoms with Crippen LogP contribution in [-0.4, -0.2) is 20.6 Å². The summed E-state index contributed by atoms with van der Waals surface area (Å²) in [5, 5.41) is 9.68. The molecule has 0 amide bonds. The molecule has 0 atom stereocenters. The van der Waals surface area contributed by atoms with Crippen LogP contribution in [0.2, 0.25) is 0 Å². The van der Waals surface area contributed by atoms with Crippen molar-refractivity contribution >= 4 is 5.97 Å². The molecule has 0 spiro atoms. The van der Waals surface area contributed by atoms with Crippen LogP contribution in [-0.2, 0) is 23.2 Å². The Labute approximate surface area is 105 Å². The second-order valence-corrected chi connectivity index (χ2v) is 4.80. The molecule has 1 aliphatic carbocycles. The number of aliphatic carboxylic acids is 1. The van der Waals surface area contributed by atoms with Crippen molar-refractivity contribution in [2.24, 2.45) is 0 Å². The van der Waals surface area contributed by atoms with Gasteiger partial charge in [-0.15, -0.1) is 0 Å². The van der Waals surface area contributed by atoms with Crippen molar-refractivity contribution in [3.63, 3.8) is 0 Å². The van der Waals surface area contributed by atoms with Gasteiger partial charge in [0.2, 0.25) is 0 Å². The third-order valence-electron chi connectivity index (χ3n) is 3.77. The van der Waals surface area contributed by atoms with Crippen molar-refractivity contribution in [2.75, 3.05) is 0 Å². The Kier molecular flexibility index (Phi) is 2.26. The van der Waals surface area contributed by atoms with Crippen LogP contribution in [0.4, 0.5) is 0 Å². The van der Waals surface area contributed by atoms with E-state index in [1.807, 2.05) is 31.2 Å². The molecular formula is C14H14N2O2. The maximum absolute atomic E-state index is 11.8. The van der Waals surface area contributed by atoms with Crippen LogP contribution in [0.1, 0.15) is 17.0 Å². The van der Waals surface area contributed by atoms with Crippen molar-refractivity contribution in [3.8, 4) is 0 Å². The fourth-order valence-corrected chi connectivity index (χ4v) is 2.85. The Morgan fingerprint density at radius 1 is 1.33 bits per heavy atom. The van der Waals surface area contributed by atoms with Crippen molar-refractivity contribution in [1.29, 1.82) is 0 Å². The topological polar surface area (TPSA) is 55.1 Å². The predicted octanol–water partition coefficient (Wildman–Crippen LogP) is 1.77. The molecule has 0 fully saturated rings. The van der Waals surface area contributed by atoms with E-state index < -0.39 is 11.5 Å². The van der Waals surface area contributed by atoms with Crippen LogP contribution >= 0.6 is 0 Å². The first kappa shape index (κ1) is 11.0. The summed E-state index contributed by atoms with van der Waals surface area (Å²) in [4.78, 5) is 15.9. The Balaban J connectivity index is 2.13. The molecular weight excluding hydrogens is 228 g/mol. The van der Waals surface area contributed by atoms with Crippen LogP contribution in [0.25, 0.3) is 0 Å². The first-order valence-electron chi connectivity index (χ1n) is 5.94. The Hall–Kier alpha value is -2.10. The van der Waals surface area contributed by atoms with E-state index in [1.54, 1.807) is 17.0 Å². The van der Waals surface area contributed by atoms with Gasteiger partial charge < -0.3 is 9.67 Å². The van der Waals surface area contributed by atoms with Gasteiger partial charge in [0.1, 0.15) is 5.82 Å². The number of imidazole rings is 1. The number of benzene rings is 1. The normalized spacial score (nSPS) is 16.5. The maximum Gasteiger partial charge on any atom is 0.330 e. The standard InChI is InChI=1S/C14H14N2O2/c1-10-15-6-7-16(10)14(13(17)18)8-11-4-2-3-5-12(11)9-14/h2-7H,8-9H2,1H3,(H,17,18). The zero-order valence-corrected chi connectivity index (χ0v) is 10.1. The van der Waals surface area contributed by atoms with Gasteiger partial charge in [-0.1, -0.05) is 24.3 Å². The first-order valence-corrected chi connectivity index (χ1v) is 5.94. The summed E-state index contributed by atoms with van der Waals surface area (Å²) in [6, 6.07) is 7.92. The smallest absolute Gasteiger partial charge is 0.330 e. The second kappa shape index (κ2) is 3.70. The van der Waals surface area contributed by atoms with E-state index >= 15 is 0 Å². The maximum atomic E-state index is 11.8. The summed E-state index contributed by atoms with van der Waals surface area (Å²) < 4.78 is 1.79. The van der Waals surface area contributed by atoms with Crippen molar-refractivity contribution in [1.82, 2.24) is 9.55 Å². The monoisotopic (exact) mass is 242 g/mol. The van der Waals surface area contributed by atoms with E-state index in [1.165, 1.54) is 0 Å². The first-order chi connectivity index (χ1) is 8.63. The lowest BCUT2D eigenvalue weighted by Gasteiger charge is -2.27. The lowest BCUT2D eigenvalue weighted by molar-refractivity contribution is -0.147. The molecule has 92 valence electrons. The molecule has 2 aromatic rings. The molecule has 4 heteroatoms. The number of rotatable bonds is 2. The second-order valence-electron chi connectivity index (χ2n) is 4.80. The van der Waals surface area contributed by atoms with Gasteiger partial charge in [0.25, 0.3) is 0 Å². The molecule has 0 aliphatic heterocycles. The third kappa shape index (κ3) is 1.38. The van der Waals surface area contributed by atoms with Gasteiger partial charge in [-0.2, -0.15) is 0 Å². The van der Waals surface area contributed by atoms with Gasteiger partial charge in [-0.3, -0.25) is 0 Å². The predicted molar refractivity (Wildman–Crippen MR) is 66.4 cm³/mol. The summed E-state index contributed by atoms with van der Waals surface area (Å²) in [6.45, 7) is 1.84. The Morgan fingerprint density at radius 3 is 2.39 bits per heavy atom. The minimum atomic E-state index is -0.912. The Morgan fingerprint density at radius 2 is 1.94 bits per heavy atom. The van der Waals surface area contributed by atoms with Gasteiger partial charge in [-0.05, 0) is 18.1 Å². The molecule has 1 aromatic carbocycles. The molecule has 1 heterocycles. The average Bonchev–Trinajstić information content (AvgIpc) is 2.92. The number of hydrogen-bond acceptors (Lipinski definition) is 2. The zero-order chi connectivity index (χ0) is 12.8. The fraction of sp³-hybridized carbons (Fsp3) is 0.286. The van der Waals surface area contributed by atoms with Crippen molar-refractivity contribution in [2.45, 2.75) is 25.3 Å². The number of carbonyl (C=O) groups is 1. The average molecular weight is 242 g/mol. The van der Waals surface area contributed by atoms with E-state index in [2.05, 4.69) is 4.98 Å². The molecule has 0 saturated carbocycles. The number of aryl methyl sites for hydroxylation is 1. The number of fused-ring (bicyclic) bond motifs is 1. The minimum absolute atomic E-state index is 0.524. The van der Waals surface area contributed by atoms with E-state index in [0.29, 0.717) is 12.8 Å². The molecule has 0 bridgehead atoms. The summed E-state index contributed by atoms with van der Waals surface area (Å²) in [5.41, 5.74) is 1.32.